The van der Waals surface area contributed by atoms with Crippen LogP contribution in [0.2, 0.25) is 5.02 Å². The van der Waals surface area contributed by atoms with Crippen molar-refractivity contribution in [1.82, 2.24) is 5.32 Å². The van der Waals surface area contributed by atoms with Crippen LogP contribution < -0.4 is 10.6 Å². The molecule has 0 spiro atoms. The minimum atomic E-state index is 0.375. The molecule has 2 nitrogen and oxygen atoms in total. The van der Waals surface area contributed by atoms with Crippen molar-refractivity contribution in [3.8, 4) is 0 Å². The molecule has 1 aromatic carbocycles. The SMILES string of the molecule is CC[C@H](C)NC(=S)Nc1cccc(Cl)c1C. The summed E-state index contributed by atoms with van der Waals surface area (Å²) in [5.74, 6) is 0. The molecule has 0 bridgehead atoms. The standard InChI is InChI=1S/C12H17ClN2S/c1-4-8(2)14-12(16)15-11-7-5-6-10(13)9(11)3/h5-8H,4H2,1-3H3,(H2,14,15,16)/t8-/m0/s1. The van der Waals surface area contributed by atoms with Crippen LogP contribution >= 0.6 is 23.8 Å². The monoisotopic (exact) mass is 256 g/mol. The second-order valence-corrected chi connectivity index (χ2v) is 4.64. The lowest BCUT2D eigenvalue weighted by Gasteiger charge is -2.16. The van der Waals surface area contributed by atoms with E-state index in [1.165, 1.54) is 0 Å². The van der Waals surface area contributed by atoms with Crippen molar-refractivity contribution in [2.24, 2.45) is 0 Å². The number of hydrogen-bond acceptors (Lipinski definition) is 1. The van der Waals surface area contributed by atoms with Crippen LogP contribution in [-0.2, 0) is 0 Å². The Kier molecular flexibility index (Phi) is 5.03. The van der Waals surface area contributed by atoms with Crippen LogP contribution in [0, 0.1) is 6.92 Å². The molecular weight excluding hydrogens is 240 g/mol. The van der Waals surface area contributed by atoms with Crippen LogP contribution in [0.4, 0.5) is 5.69 Å². The Bertz CT molecular complexity index is 379. The molecule has 1 rings (SSSR count). The quantitative estimate of drug-likeness (QED) is 0.806. The lowest BCUT2D eigenvalue weighted by molar-refractivity contribution is 0.646. The molecule has 0 aliphatic carbocycles. The van der Waals surface area contributed by atoms with Crippen LogP contribution in [0.15, 0.2) is 18.2 Å². The molecule has 0 radical (unpaired) electrons. The fourth-order valence-electron chi connectivity index (χ4n) is 1.23. The van der Waals surface area contributed by atoms with Crippen LogP contribution in [0.5, 0.6) is 0 Å². The average Bonchev–Trinajstić information content (AvgIpc) is 2.24. The summed E-state index contributed by atoms with van der Waals surface area (Å²) in [6.07, 6.45) is 1.04. The summed E-state index contributed by atoms with van der Waals surface area (Å²) in [5, 5.41) is 7.74. The summed E-state index contributed by atoms with van der Waals surface area (Å²) in [5.41, 5.74) is 1.96. The molecule has 0 unspecified atom stereocenters. The lowest BCUT2D eigenvalue weighted by Crippen LogP contribution is -2.35. The molecular formula is C12H17ClN2S. The molecule has 1 atom stereocenters. The van der Waals surface area contributed by atoms with E-state index in [0.29, 0.717) is 11.2 Å². The average molecular weight is 257 g/mol. The van der Waals surface area contributed by atoms with Gasteiger partial charge in [0.25, 0.3) is 0 Å². The summed E-state index contributed by atoms with van der Waals surface area (Å²) in [6.45, 7) is 6.18. The fourth-order valence-corrected chi connectivity index (χ4v) is 1.71. The van der Waals surface area contributed by atoms with E-state index in [9.17, 15) is 0 Å². The van der Waals surface area contributed by atoms with Gasteiger partial charge in [0.15, 0.2) is 5.11 Å². The van der Waals surface area contributed by atoms with E-state index in [1.807, 2.05) is 25.1 Å². The molecule has 0 saturated heterocycles. The molecule has 0 saturated carbocycles. The summed E-state index contributed by atoms with van der Waals surface area (Å²) >= 11 is 11.2. The van der Waals surface area contributed by atoms with E-state index >= 15 is 0 Å². The number of rotatable bonds is 3. The smallest absolute Gasteiger partial charge is 0.170 e. The van der Waals surface area contributed by atoms with Gasteiger partial charge in [-0.3, -0.25) is 0 Å². The van der Waals surface area contributed by atoms with Gasteiger partial charge in [-0.25, -0.2) is 0 Å². The first kappa shape index (κ1) is 13.3. The van der Waals surface area contributed by atoms with Crippen molar-refractivity contribution in [1.29, 1.82) is 0 Å². The third-order valence-corrected chi connectivity index (χ3v) is 3.14. The van der Waals surface area contributed by atoms with E-state index in [2.05, 4.69) is 24.5 Å². The maximum absolute atomic E-state index is 6.03. The topological polar surface area (TPSA) is 24.1 Å². The first-order valence-corrected chi connectivity index (χ1v) is 6.15. The van der Waals surface area contributed by atoms with Gasteiger partial charge in [0.05, 0.1) is 0 Å². The molecule has 16 heavy (non-hydrogen) atoms. The fraction of sp³-hybridized carbons (Fsp3) is 0.417. The Morgan fingerprint density at radius 3 is 2.81 bits per heavy atom. The number of anilines is 1. The van der Waals surface area contributed by atoms with Gasteiger partial charge in [0.1, 0.15) is 0 Å². The second kappa shape index (κ2) is 6.06. The Morgan fingerprint density at radius 1 is 1.50 bits per heavy atom. The predicted octanol–water partition coefficient (Wildman–Crippen LogP) is 3.73. The number of hydrogen-bond donors (Lipinski definition) is 2. The van der Waals surface area contributed by atoms with E-state index < -0.39 is 0 Å². The van der Waals surface area contributed by atoms with Gasteiger partial charge >= 0.3 is 0 Å². The van der Waals surface area contributed by atoms with Crippen molar-refractivity contribution in [2.45, 2.75) is 33.2 Å². The molecule has 0 amide bonds. The van der Waals surface area contributed by atoms with Crippen LogP contribution in [0.3, 0.4) is 0 Å². The normalized spacial score (nSPS) is 12.0. The van der Waals surface area contributed by atoms with Crippen molar-refractivity contribution in [3.05, 3.63) is 28.8 Å². The maximum Gasteiger partial charge on any atom is 0.170 e. The van der Waals surface area contributed by atoms with Crippen molar-refractivity contribution in [3.63, 3.8) is 0 Å². The van der Waals surface area contributed by atoms with Crippen molar-refractivity contribution >= 4 is 34.6 Å². The predicted molar refractivity (Wildman–Crippen MR) is 75.3 cm³/mol. The third-order valence-electron chi connectivity index (χ3n) is 2.51. The molecule has 1 aromatic rings. The van der Waals surface area contributed by atoms with Gasteiger partial charge in [0, 0.05) is 16.8 Å². The second-order valence-electron chi connectivity index (χ2n) is 3.82. The highest BCUT2D eigenvalue weighted by molar-refractivity contribution is 7.80. The number of benzene rings is 1. The molecule has 4 heteroatoms. The van der Waals surface area contributed by atoms with Gasteiger partial charge in [-0.2, -0.15) is 0 Å². The van der Waals surface area contributed by atoms with Gasteiger partial charge in [-0.1, -0.05) is 24.6 Å². The maximum atomic E-state index is 6.03. The highest BCUT2D eigenvalue weighted by atomic mass is 35.5. The summed E-state index contributed by atoms with van der Waals surface area (Å²) in [4.78, 5) is 0. The van der Waals surface area contributed by atoms with Crippen LogP contribution in [0.25, 0.3) is 0 Å². The Morgan fingerprint density at radius 2 is 2.19 bits per heavy atom. The summed E-state index contributed by atoms with van der Waals surface area (Å²) in [6, 6.07) is 6.11. The van der Waals surface area contributed by atoms with E-state index in [0.717, 1.165) is 22.7 Å². The lowest BCUT2D eigenvalue weighted by atomic mass is 10.2. The highest BCUT2D eigenvalue weighted by Gasteiger charge is 2.05. The minimum absolute atomic E-state index is 0.375. The van der Waals surface area contributed by atoms with Crippen LogP contribution in [-0.4, -0.2) is 11.2 Å². The zero-order chi connectivity index (χ0) is 12.1. The molecule has 0 aliphatic heterocycles. The van der Waals surface area contributed by atoms with Crippen molar-refractivity contribution < 1.29 is 0 Å². The zero-order valence-corrected chi connectivity index (χ0v) is 11.4. The summed E-state index contributed by atoms with van der Waals surface area (Å²) in [7, 11) is 0. The molecule has 0 aliphatic rings. The van der Waals surface area contributed by atoms with E-state index in [4.69, 9.17) is 23.8 Å². The number of nitrogens with one attached hydrogen (secondary N) is 2. The van der Waals surface area contributed by atoms with Crippen molar-refractivity contribution in [2.75, 3.05) is 5.32 Å². The van der Waals surface area contributed by atoms with Crippen LogP contribution in [0.1, 0.15) is 25.8 Å². The molecule has 0 heterocycles. The molecule has 0 aromatic heterocycles. The van der Waals surface area contributed by atoms with Gasteiger partial charge in [-0.15, -0.1) is 0 Å². The Balaban J connectivity index is 2.66. The third kappa shape index (κ3) is 3.65. The zero-order valence-electron chi connectivity index (χ0n) is 9.80. The summed E-state index contributed by atoms with van der Waals surface area (Å²) < 4.78 is 0. The highest BCUT2D eigenvalue weighted by Crippen LogP contribution is 2.22. The minimum Gasteiger partial charge on any atom is -0.360 e. The first-order valence-electron chi connectivity index (χ1n) is 5.37. The van der Waals surface area contributed by atoms with Gasteiger partial charge in [0.2, 0.25) is 0 Å². The number of thiocarbonyl (C=S) groups is 1. The van der Waals surface area contributed by atoms with E-state index in [-0.39, 0.29) is 0 Å². The van der Waals surface area contributed by atoms with E-state index in [1.54, 1.807) is 0 Å². The molecule has 2 N–H and O–H groups in total. The van der Waals surface area contributed by atoms with Gasteiger partial charge < -0.3 is 10.6 Å². The largest absolute Gasteiger partial charge is 0.360 e. The van der Waals surface area contributed by atoms with Gasteiger partial charge in [-0.05, 0) is 50.2 Å². The number of halogens is 1. The first-order chi connectivity index (χ1) is 7.54. The molecule has 88 valence electrons. The Labute approximate surface area is 107 Å². The Hall–Kier alpha value is -0.800. The molecule has 0 fully saturated rings.